The van der Waals surface area contributed by atoms with E-state index >= 15 is 0 Å². The van der Waals surface area contributed by atoms with Crippen LogP contribution in [0.3, 0.4) is 0 Å². The van der Waals surface area contributed by atoms with E-state index in [2.05, 4.69) is 10.0 Å². The van der Waals surface area contributed by atoms with Crippen LogP contribution in [0.5, 0.6) is 11.5 Å². The van der Waals surface area contributed by atoms with E-state index in [1.807, 2.05) is 22.9 Å². The second-order valence-corrected chi connectivity index (χ2v) is 7.68. The number of likely N-dealkylation sites (tertiary alicyclic amines) is 1. The number of para-hydroxylation sites is 1. The number of nitrogens with zero attached hydrogens (tertiary/aromatic N) is 3. The lowest BCUT2D eigenvalue weighted by Crippen LogP contribution is -2.37. The quantitative estimate of drug-likeness (QED) is 0.858. The Labute approximate surface area is 162 Å². The Morgan fingerprint density at radius 2 is 2.15 bits per heavy atom. The average Bonchev–Trinajstić information content (AvgIpc) is 3.41. The van der Waals surface area contributed by atoms with Crippen LogP contribution >= 0.6 is 11.3 Å². The Hall–Kier alpha value is -2.38. The molecule has 27 heavy (non-hydrogen) atoms. The Kier molecular flexibility index (Phi) is 5.13. The first kappa shape index (κ1) is 18.0. The molecule has 1 N–H and O–H groups in total. The van der Waals surface area contributed by atoms with Gasteiger partial charge in [0.05, 0.1) is 25.4 Å². The minimum Gasteiger partial charge on any atom is -0.504 e. The SMILES string of the molecule is COc1c(O)cccc1C1CC(c2ccsc2)=NN1C(=O)CN1CCCC1. The second-order valence-electron chi connectivity index (χ2n) is 6.90. The van der Waals surface area contributed by atoms with Gasteiger partial charge in [-0.15, -0.1) is 0 Å². The Morgan fingerprint density at radius 1 is 1.33 bits per heavy atom. The van der Waals surface area contributed by atoms with Gasteiger partial charge in [0.15, 0.2) is 11.5 Å². The first-order valence-corrected chi connectivity index (χ1v) is 10.1. The van der Waals surface area contributed by atoms with Crippen LogP contribution in [-0.2, 0) is 4.79 Å². The molecule has 1 aromatic heterocycles. The average molecular weight is 385 g/mol. The Bertz CT molecular complexity index is 844. The standard InChI is InChI=1S/C20H23N3O3S/c1-26-20-15(5-4-6-18(20)24)17-11-16(14-7-10-27-13-14)21-23(17)19(25)12-22-8-2-3-9-22/h4-7,10,13,17,24H,2-3,8-9,11-12H2,1H3. The molecule has 7 heteroatoms. The Morgan fingerprint density at radius 3 is 2.85 bits per heavy atom. The molecule has 0 spiro atoms. The molecule has 1 unspecified atom stereocenters. The molecule has 2 aromatic rings. The normalized spacial score (nSPS) is 20.1. The monoisotopic (exact) mass is 385 g/mol. The molecule has 3 heterocycles. The van der Waals surface area contributed by atoms with E-state index in [1.54, 1.807) is 28.5 Å². The minimum atomic E-state index is -0.281. The lowest BCUT2D eigenvalue weighted by Gasteiger charge is -2.25. The summed E-state index contributed by atoms with van der Waals surface area (Å²) in [7, 11) is 1.53. The van der Waals surface area contributed by atoms with Crippen molar-refractivity contribution in [3.05, 3.63) is 46.2 Å². The summed E-state index contributed by atoms with van der Waals surface area (Å²) in [6.45, 7) is 2.29. The van der Waals surface area contributed by atoms with E-state index in [4.69, 9.17) is 4.74 Å². The summed E-state index contributed by atoms with van der Waals surface area (Å²) in [5.74, 6) is 0.465. The van der Waals surface area contributed by atoms with Gasteiger partial charge in [0, 0.05) is 17.5 Å². The van der Waals surface area contributed by atoms with Crippen LogP contribution in [0.25, 0.3) is 0 Å². The van der Waals surface area contributed by atoms with Crippen LogP contribution in [0.15, 0.2) is 40.1 Å². The number of hydrazone groups is 1. The Balaban J connectivity index is 1.66. The van der Waals surface area contributed by atoms with Gasteiger partial charge in [-0.1, -0.05) is 12.1 Å². The summed E-state index contributed by atoms with van der Waals surface area (Å²) in [5, 5.41) is 20.5. The van der Waals surface area contributed by atoms with Crippen molar-refractivity contribution >= 4 is 23.0 Å². The van der Waals surface area contributed by atoms with E-state index in [-0.39, 0.29) is 17.7 Å². The number of phenols is 1. The van der Waals surface area contributed by atoms with Gasteiger partial charge >= 0.3 is 0 Å². The molecule has 2 aliphatic rings. The highest BCUT2D eigenvalue weighted by molar-refractivity contribution is 7.08. The summed E-state index contributed by atoms with van der Waals surface area (Å²) in [6.07, 6.45) is 2.88. The largest absolute Gasteiger partial charge is 0.504 e. The van der Waals surface area contributed by atoms with Crippen molar-refractivity contribution in [2.45, 2.75) is 25.3 Å². The van der Waals surface area contributed by atoms with Crippen molar-refractivity contribution in [1.29, 1.82) is 0 Å². The van der Waals surface area contributed by atoms with Gasteiger partial charge in [-0.3, -0.25) is 9.69 Å². The van der Waals surface area contributed by atoms with Crippen LogP contribution in [0.1, 0.15) is 36.4 Å². The third kappa shape index (κ3) is 3.57. The van der Waals surface area contributed by atoms with Gasteiger partial charge in [0.1, 0.15) is 0 Å². The molecule has 1 fully saturated rings. The summed E-state index contributed by atoms with van der Waals surface area (Å²) in [6, 6.07) is 7.00. The predicted molar refractivity (Wildman–Crippen MR) is 105 cm³/mol. The molecular weight excluding hydrogens is 362 g/mol. The first-order valence-electron chi connectivity index (χ1n) is 9.17. The smallest absolute Gasteiger partial charge is 0.257 e. The van der Waals surface area contributed by atoms with Gasteiger partial charge < -0.3 is 9.84 Å². The summed E-state index contributed by atoms with van der Waals surface area (Å²) >= 11 is 1.61. The number of carbonyl (C=O) groups is 1. The van der Waals surface area contributed by atoms with Crippen LogP contribution in [0.4, 0.5) is 0 Å². The van der Waals surface area contributed by atoms with Gasteiger partial charge in [-0.05, 0) is 48.8 Å². The van der Waals surface area contributed by atoms with Crippen LogP contribution in [0.2, 0.25) is 0 Å². The number of hydrogen-bond acceptors (Lipinski definition) is 6. The number of carbonyl (C=O) groups excluding carboxylic acids is 1. The lowest BCUT2D eigenvalue weighted by molar-refractivity contribution is -0.134. The maximum Gasteiger partial charge on any atom is 0.257 e. The zero-order valence-corrected chi connectivity index (χ0v) is 16.1. The molecular formula is C20H23N3O3S. The molecule has 0 aliphatic carbocycles. The number of amides is 1. The molecule has 0 radical (unpaired) electrons. The van der Waals surface area contributed by atoms with Crippen molar-refractivity contribution in [3.63, 3.8) is 0 Å². The molecule has 1 amide bonds. The number of rotatable bonds is 5. The topological polar surface area (TPSA) is 65.4 Å². The van der Waals surface area contributed by atoms with Gasteiger partial charge in [-0.2, -0.15) is 16.4 Å². The van der Waals surface area contributed by atoms with E-state index in [0.717, 1.165) is 42.8 Å². The first-order chi connectivity index (χ1) is 13.2. The van der Waals surface area contributed by atoms with Crippen molar-refractivity contribution in [1.82, 2.24) is 9.91 Å². The number of ether oxygens (including phenoxy) is 1. The summed E-state index contributed by atoms with van der Waals surface area (Å²) in [5.41, 5.74) is 2.71. The highest BCUT2D eigenvalue weighted by Crippen LogP contribution is 2.41. The maximum atomic E-state index is 13.1. The molecule has 1 atom stereocenters. The summed E-state index contributed by atoms with van der Waals surface area (Å²) in [4.78, 5) is 15.2. The minimum absolute atomic E-state index is 0.0162. The third-order valence-electron chi connectivity index (χ3n) is 5.17. The lowest BCUT2D eigenvalue weighted by atomic mass is 9.98. The molecule has 142 valence electrons. The third-order valence-corrected chi connectivity index (χ3v) is 5.85. The van der Waals surface area contributed by atoms with Crippen molar-refractivity contribution < 1.29 is 14.6 Å². The fraction of sp³-hybridized carbons (Fsp3) is 0.400. The number of aromatic hydroxyl groups is 1. The number of methoxy groups -OCH3 is 1. The fourth-order valence-corrected chi connectivity index (χ4v) is 4.48. The van der Waals surface area contributed by atoms with Gasteiger partial charge in [0.25, 0.3) is 5.91 Å². The van der Waals surface area contributed by atoms with Crippen LogP contribution in [0, 0.1) is 0 Å². The number of hydrogen-bond donors (Lipinski definition) is 1. The molecule has 6 nitrogen and oxygen atoms in total. The van der Waals surface area contributed by atoms with Crippen molar-refractivity contribution in [2.24, 2.45) is 5.10 Å². The highest BCUT2D eigenvalue weighted by atomic mass is 32.1. The van der Waals surface area contributed by atoms with E-state index in [1.165, 1.54) is 7.11 Å². The fourth-order valence-electron chi connectivity index (χ4n) is 3.82. The second kappa shape index (κ2) is 7.70. The van der Waals surface area contributed by atoms with E-state index < -0.39 is 0 Å². The van der Waals surface area contributed by atoms with E-state index in [0.29, 0.717) is 18.7 Å². The molecule has 0 bridgehead atoms. The maximum absolute atomic E-state index is 13.1. The zero-order valence-electron chi connectivity index (χ0n) is 15.3. The molecule has 0 saturated carbocycles. The number of benzene rings is 1. The highest BCUT2D eigenvalue weighted by Gasteiger charge is 2.36. The number of thiophene rings is 1. The molecule has 2 aliphatic heterocycles. The number of phenolic OH excluding ortho intramolecular Hbond substituents is 1. The molecule has 1 saturated heterocycles. The van der Waals surface area contributed by atoms with Crippen LogP contribution in [-0.4, -0.2) is 53.4 Å². The predicted octanol–water partition coefficient (Wildman–Crippen LogP) is 3.24. The van der Waals surface area contributed by atoms with Crippen molar-refractivity contribution in [3.8, 4) is 11.5 Å². The van der Waals surface area contributed by atoms with E-state index in [9.17, 15) is 9.90 Å². The van der Waals surface area contributed by atoms with Gasteiger partial charge in [-0.25, -0.2) is 5.01 Å². The summed E-state index contributed by atoms with van der Waals surface area (Å²) < 4.78 is 5.43. The zero-order chi connectivity index (χ0) is 18.8. The van der Waals surface area contributed by atoms with Crippen LogP contribution < -0.4 is 4.74 Å². The van der Waals surface area contributed by atoms with Crippen molar-refractivity contribution in [2.75, 3.05) is 26.7 Å². The molecule has 1 aromatic carbocycles. The van der Waals surface area contributed by atoms with Gasteiger partial charge in [0.2, 0.25) is 0 Å². The molecule has 4 rings (SSSR count).